The lowest BCUT2D eigenvalue weighted by Gasteiger charge is -2.37. The van der Waals surface area contributed by atoms with Gasteiger partial charge in [-0.25, -0.2) is 0 Å². The summed E-state index contributed by atoms with van der Waals surface area (Å²) in [5, 5.41) is 13.1. The van der Waals surface area contributed by atoms with Crippen molar-refractivity contribution in [2.45, 2.75) is 43.9 Å². The molecule has 9 heteroatoms. The molecule has 2 N–H and O–H groups in total. The van der Waals surface area contributed by atoms with Crippen molar-refractivity contribution in [2.24, 2.45) is 4.99 Å². The second-order valence-corrected chi connectivity index (χ2v) is 7.53. The van der Waals surface area contributed by atoms with E-state index in [1.807, 2.05) is 11.8 Å². The van der Waals surface area contributed by atoms with Crippen molar-refractivity contribution in [3.63, 3.8) is 0 Å². The molecule has 5 nitrogen and oxygen atoms in total. The van der Waals surface area contributed by atoms with Crippen molar-refractivity contribution < 1.29 is 23.0 Å². The van der Waals surface area contributed by atoms with Gasteiger partial charge in [0.05, 0.1) is 18.2 Å². The van der Waals surface area contributed by atoms with E-state index in [0.717, 1.165) is 6.07 Å². The number of alkyl halides is 3. The number of β-amino-alcohol motifs (C(OH)–C–C–N with tert-alkyl or cyclic N) is 1. The number of halogens is 4. The Balaban J connectivity index is 0.00000300. The lowest BCUT2D eigenvalue weighted by atomic mass is 9.74. The van der Waals surface area contributed by atoms with Crippen LogP contribution in [0, 0.1) is 0 Å². The molecule has 0 spiro atoms. The zero-order chi connectivity index (χ0) is 20.2. The molecule has 1 aromatic carbocycles. The molecule has 0 bridgehead atoms. The number of hydrogen-bond acceptors (Lipinski definition) is 3. The normalized spacial score (nSPS) is 22.3. The molecule has 0 radical (unpaired) electrons. The number of aliphatic imine (C=N–C) groups is 1. The number of likely N-dealkylation sites (tertiary alicyclic amines) is 1. The maximum atomic E-state index is 13.2. The van der Waals surface area contributed by atoms with Crippen LogP contribution in [0.2, 0.25) is 0 Å². The van der Waals surface area contributed by atoms with E-state index in [9.17, 15) is 18.3 Å². The summed E-state index contributed by atoms with van der Waals surface area (Å²) in [6, 6.07) is 5.60. The van der Waals surface area contributed by atoms with Gasteiger partial charge in [-0.15, -0.1) is 24.0 Å². The molecule has 0 aliphatic carbocycles. The van der Waals surface area contributed by atoms with Gasteiger partial charge in [0.15, 0.2) is 5.96 Å². The minimum Gasteiger partial charge on any atom is -0.391 e. The fourth-order valence-electron chi connectivity index (χ4n) is 3.91. The fourth-order valence-corrected chi connectivity index (χ4v) is 3.91. The third kappa shape index (κ3) is 5.97. The van der Waals surface area contributed by atoms with Gasteiger partial charge in [-0.05, 0) is 37.8 Å². The molecule has 164 valence electrons. The predicted molar refractivity (Wildman–Crippen MR) is 117 cm³/mol. The SMILES string of the molecule is CCNC(=NCC1(c2cccc(C(F)(F)F)c2)CCOCC1)N1CC[C@@H](O)C1.I. The summed E-state index contributed by atoms with van der Waals surface area (Å²) < 4.78 is 45.2. The monoisotopic (exact) mass is 527 g/mol. The van der Waals surface area contributed by atoms with Gasteiger partial charge in [0.25, 0.3) is 0 Å². The molecule has 29 heavy (non-hydrogen) atoms. The van der Waals surface area contributed by atoms with Gasteiger partial charge in [-0.2, -0.15) is 13.2 Å². The van der Waals surface area contributed by atoms with Crippen LogP contribution in [0.5, 0.6) is 0 Å². The minimum atomic E-state index is -4.37. The van der Waals surface area contributed by atoms with Crippen molar-refractivity contribution in [2.75, 3.05) is 39.4 Å². The molecule has 2 saturated heterocycles. The fraction of sp³-hybridized carbons (Fsp3) is 0.650. The van der Waals surface area contributed by atoms with E-state index < -0.39 is 17.2 Å². The van der Waals surface area contributed by atoms with Crippen LogP contribution in [0.25, 0.3) is 0 Å². The van der Waals surface area contributed by atoms with Crippen molar-refractivity contribution in [1.82, 2.24) is 10.2 Å². The Kier molecular flexibility index (Phi) is 8.59. The molecule has 2 fully saturated rings. The van der Waals surface area contributed by atoms with Crippen LogP contribution in [-0.2, 0) is 16.3 Å². The first-order valence-electron chi connectivity index (χ1n) is 9.81. The molecule has 3 rings (SSSR count). The molecule has 0 saturated carbocycles. The first kappa shape index (κ1) is 24.2. The topological polar surface area (TPSA) is 57.1 Å². The molecule has 1 aromatic rings. The van der Waals surface area contributed by atoms with Crippen molar-refractivity contribution in [3.8, 4) is 0 Å². The average Bonchev–Trinajstić information content (AvgIpc) is 3.11. The van der Waals surface area contributed by atoms with Crippen LogP contribution in [0.3, 0.4) is 0 Å². The number of nitrogens with zero attached hydrogens (tertiary/aromatic N) is 2. The molecule has 0 aromatic heterocycles. The Morgan fingerprint density at radius 2 is 2.07 bits per heavy atom. The first-order chi connectivity index (χ1) is 13.3. The standard InChI is InChI=1S/C20H28F3N3O2.HI/c1-2-24-18(26-9-6-17(27)13-26)25-14-19(7-10-28-11-8-19)15-4-3-5-16(12-15)20(21,22)23;/h3-5,12,17,27H,2,6-11,13-14H2,1H3,(H,24,25);1H/t17-;/m1./s1. The first-order valence-corrected chi connectivity index (χ1v) is 9.81. The largest absolute Gasteiger partial charge is 0.416 e. The predicted octanol–water partition coefficient (Wildman–Crippen LogP) is 3.40. The van der Waals surface area contributed by atoms with E-state index in [4.69, 9.17) is 9.73 Å². The lowest BCUT2D eigenvalue weighted by Crippen LogP contribution is -2.43. The highest BCUT2D eigenvalue weighted by Crippen LogP contribution is 2.38. The van der Waals surface area contributed by atoms with Crippen molar-refractivity contribution >= 4 is 29.9 Å². The van der Waals surface area contributed by atoms with Gasteiger partial charge in [-0.3, -0.25) is 4.99 Å². The number of hydrogen-bond donors (Lipinski definition) is 2. The van der Waals surface area contributed by atoms with Gasteiger partial charge in [-0.1, -0.05) is 18.2 Å². The van der Waals surface area contributed by atoms with Crippen LogP contribution in [-0.4, -0.2) is 61.5 Å². The number of benzene rings is 1. The van der Waals surface area contributed by atoms with Crippen molar-refractivity contribution in [3.05, 3.63) is 35.4 Å². The van der Waals surface area contributed by atoms with Crippen LogP contribution >= 0.6 is 24.0 Å². The smallest absolute Gasteiger partial charge is 0.391 e. The minimum absolute atomic E-state index is 0. The summed E-state index contributed by atoms with van der Waals surface area (Å²) >= 11 is 0. The number of guanidine groups is 1. The number of aliphatic hydroxyl groups is 1. The highest BCUT2D eigenvalue weighted by molar-refractivity contribution is 14.0. The van der Waals surface area contributed by atoms with Crippen LogP contribution in [0.1, 0.15) is 37.3 Å². The van der Waals surface area contributed by atoms with E-state index in [1.165, 1.54) is 12.1 Å². The van der Waals surface area contributed by atoms with Crippen LogP contribution in [0.15, 0.2) is 29.3 Å². The molecular weight excluding hydrogens is 498 g/mol. The van der Waals surface area contributed by atoms with Crippen molar-refractivity contribution in [1.29, 1.82) is 0 Å². The zero-order valence-corrected chi connectivity index (χ0v) is 18.9. The molecule has 0 unspecified atom stereocenters. The third-order valence-corrected chi connectivity index (χ3v) is 5.58. The van der Waals surface area contributed by atoms with Gasteiger partial charge >= 0.3 is 6.18 Å². The van der Waals surface area contributed by atoms with E-state index >= 15 is 0 Å². The molecule has 1 atom stereocenters. The lowest BCUT2D eigenvalue weighted by molar-refractivity contribution is -0.137. The Morgan fingerprint density at radius 3 is 2.66 bits per heavy atom. The number of rotatable bonds is 4. The van der Waals surface area contributed by atoms with Gasteiger partial charge in [0.2, 0.25) is 0 Å². The van der Waals surface area contributed by atoms with E-state index in [0.29, 0.717) is 70.2 Å². The van der Waals surface area contributed by atoms with Gasteiger partial charge in [0, 0.05) is 38.3 Å². The Hall–Kier alpha value is -1.07. The zero-order valence-electron chi connectivity index (χ0n) is 16.5. The molecule has 0 amide bonds. The van der Waals surface area contributed by atoms with E-state index in [2.05, 4.69) is 5.32 Å². The molecule has 2 aliphatic heterocycles. The van der Waals surface area contributed by atoms with Gasteiger partial charge in [0.1, 0.15) is 0 Å². The summed E-state index contributed by atoms with van der Waals surface area (Å²) in [6.07, 6.45) is -2.80. The van der Waals surface area contributed by atoms with Crippen LogP contribution < -0.4 is 5.32 Å². The van der Waals surface area contributed by atoms with Crippen LogP contribution in [0.4, 0.5) is 13.2 Å². The second kappa shape index (κ2) is 10.3. The number of aliphatic hydroxyl groups excluding tert-OH is 1. The summed E-state index contributed by atoms with van der Waals surface area (Å²) in [4.78, 5) is 6.78. The second-order valence-electron chi connectivity index (χ2n) is 7.53. The Bertz CT molecular complexity index is 694. The summed E-state index contributed by atoms with van der Waals surface area (Å²) in [5.74, 6) is 0.705. The number of nitrogens with one attached hydrogen (secondary N) is 1. The third-order valence-electron chi connectivity index (χ3n) is 5.58. The quantitative estimate of drug-likeness (QED) is 0.358. The maximum absolute atomic E-state index is 13.2. The molecular formula is C20H29F3IN3O2. The van der Waals surface area contributed by atoms with E-state index in [-0.39, 0.29) is 30.1 Å². The Labute approximate surface area is 186 Å². The Morgan fingerprint density at radius 1 is 1.34 bits per heavy atom. The maximum Gasteiger partial charge on any atom is 0.416 e. The van der Waals surface area contributed by atoms with E-state index in [1.54, 1.807) is 6.07 Å². The molecule has 2 aliphatic rings. The number of ether oxygens (including phenoxy) is 1. The summed E-state index contributed by atoms with van der Waals surface area (Å²) in [6.45, 7) is 5.28. The van der Waals surface area contributed by atoms with Gasteiger partial charge < -0.3 is 20.1 Å². The molecule has 2 heterocycles. The highest BCUT2D eigenvalue weighted by atomic mass is 127. The highest BCUT2D eigenvalue weighted by Gasteiger charge is 2.37. The summed E-state index contributed by atoms with van der Waals surface area (Å²) in [7, 11) is 0. The summed E-state index contributed by atoms with van der Waals surface area (Å²) in [5.41, 5.74) is -0.459. The average molecular weight is 527 g/mol.